The molecule has 2 rings (SSSR count). The summed E-state index contributed by atoms with van der Waals surface area (Å²) in [6, 6.07) is 0. The number of aromatic amines is 2. The Labute approximate surface area is 81.5 Å². The summed E-state index contributed by atoms with van der Waals surface area (Å²) in [4.78, 5) is 23.6. The van der Waals surface area contributed by atoms with Gasteiger partial charge >= 0.3 is 0 Å². The van der Waals surface area contributed by atoms with E-state index in [-0.39, 0.29) is 38.7 Å². The van der Waals surface area contributed by atoms with Crippen LogP contribution in [0, 0.1) is 0 Å². The molecule has 2 aromatic heterocycles. The third-order valence-electron chi connectivity index (χ3n) is 1.31. The summed E-state index contributed by atoms with van der Waals surface area (Å²) < 4.78 is 0. The molecular weight excluding hydrogens is 194 g/mol. The zero-order valence-corrected chi connectivity index (χ0v) is 7.52. The molecule has 0 fully saturated rings. The van der Waals surface area contributed by atoms with Crippen LogP contribution < -0.4 is 11.3 Å². The zero-order valence-electron chi connectivity index (χ0n) is 5.96. The molecule has 0 aliphatic rings. The summed E-state index contributed by atoms with van der Waals surface area (Å²) >= 11 is 0. The molecule has 0 saturated heterocycles. The van der Waals surface area contributed by atoms with E-state index in [1.807, 2.05) is 0 Å². The average molecular weight is 199 g/mol. The van der Waals surface area contributed by atoms with Crippen LogP contribution in [0.1, 0.15) is 0 Å². The van der Waals surface area contributed by atoms with Gasteiger partial charge in [-0.15, -0.1) is 0 Å². The van der Waals surface area contributed by atoms with E-state index in [9.17, 15) is 4.79 Å². The van der Waals surface area contributed by atoms with E-state index in [0.29, 0.717) is 5.65 Å². The predicted molar refractivity (Wildman–Crippen MR) is 38.9 cm³/mol. The van der Waals surface area contributed by atoms with E-state index in [0.717, 1.165) is 0 Å². The number of H-pyrrole nitrogens is 2. The van der Waals surface area contributed by atoms with Crippen LogP contribution in [0.4, 0.5) is 5.95 Å². The minimum Gasteiger partial charge on any atom is -0.369 e. The van der Waals surface area contributed by atoms with Crippen LogP contribution in [0.15, 0.2) is 11.1 Å². The molecule has 0 aromatic carbocycles. The van der Waals surface area contributed by atoms with Gasteiger partial charge < -0.3 is 10.7 Å². The SMILES string of the molecule is Nc1nc2[nH]cnc2c(=O)[nH]1.[Ti]. The van der Waals surface area contributed by atoms with Crippen molar-refractivity contribution >= 4 is 17.1 Å². The van der Waals surface area contributed by atoms with E-state index >= 15 is 0 Å². The van der Waals surface area contributed by atoms with Gasteiger partial charge in [0.15, 0.2) is 11.2 Å². The number of hydrogen-bond acceptors (Lipinski definition) is 4. The number of nitrogens with one attached hydrogen (secondary N) is 2. The smallest absolute Gasteiger partial charge is 0.280 e. The molecule has 2 heterocycles. The summed E-state index contributed by atoms with van der Waals surface area (Å²) in [5.41, 5.74) is 5.63. The van der Waals surface area contributed by atoms with Crippen LogP contribution >= 0.6 is 0 Å². The molecule has 0 unspecified atom stereocenters. The first-order valence-corrected chi connectivity index (χ1v) is 2.96. The molecule has 60 valence electrons. The number of nitrogen functional groups attached to an aromatic ring is 1. The van der Waals surface area contributed by atoms with Crippen molar-refractivity contribution in [2.24, 2.45) is 0 Å². The molecule has 2 aromatic rings. The zero-order chi connectivity index (χ0) is 7.84. The Hall–Kier alpha value is -1.14. The molecule has 0 aliphatic heterocycles. The second-order valence-corrected chi connectivity index (χ2v) is 2.05. The Morgan fingerprint density at radius 3 is 3.00 bits per heavy atom. The molecular formula is C5H5N5OTi. The molecule has 6 nitrogen and oxygen atoms in total. The molecule has 0 bridgehead atoms. The van der Waals surface area contributed by atoms with Gasteiger partial charge in [0.05, 0.1) is 6.33 Å². The van der Waals surface area contributed by atoms with Gasteiger partial charge in [-0.1, -0.05) is 0 Å². The Morgan fingerprint density at radius 1 is 1.50 bits per heavy atom. The Balaban J connectivity index is 0.000000720. The van der Waals surface area contributed by atoms with Crippen molar-refractivity contribution in [1.29, 1.82) is 0 Å². The summed E-state index contributed by atoms with van der Waals surface area (Å²) in [5, 5.41) is 0. The van der Waals surface area contributed by atoms with E-state index in [2.05, 4.69) is 19.9 Å². The molecule has 0 spiro atoms. The number of imidazole rings is 1. The molecule has 0 saturated carbocycles. The second kappa shape index (κ2) is 3.08. The van der Waals surface area contributed by atoms with Crippen LogP contribution in [-0.4, -0.2) is 19.9 Å². The minimum absolute atomic E-state index is 0. The summed E-state index contributed by atoms with van der Waals surface area (Å²) in [5.74, 6) is 0.0896. The van der Waals surface area contributed by atoms with E-state index < -0.39 is 0 Å². The van der Waals surface area contributed by atoms with E-state index in [1.54, 1.807) is 0 Å². The second-order valence-electron chi connectivity index (χ2n) is 2.05. The minimum atomic E-state index is -0.325. The van der Waals surface area contributed by atoms with E-state index in [4.69, 9.17) is 5.73 Å². The number of nitrogens with zero attached hydrogens (tertiary/aromatic N) is 2. The largest absolute Gasteiger partial charge is 0.369 e. The molecule has 7 heteroatoms. The van der Waals surface area contributed by atoms with Gasteiger partial charge in [0.1, 0.15) is 0 Å². The maximum Gasteiger partial charge on any atom is 0.280 e. The number of aromatic nitrogens is 4. The molecule has 4 N–H and O–H groups in total. The van der Waals surface area contributed by atoms with Gasteiger partial charge in [-0.2, -0.15) is 4.98 Å². The first kappa shape index (κ1) is 8.96. The standard InChI is InChI=1S/C5H5N5O.Ti/c6-5-9-3-2(4(11)10-5)7-1-8-3;/h1H,(H4,6,7,8,9,10,11);. The van der Waals surface area contributed by atoms with Gasteiger partial charge in [-0.3, -0.25) is 9.78 Å². The molecule has 0 amide bonds. The van der Waals surface area contributed by atoms with Gasteiger partial charge in [-0.05, 0) is 0 Å². The van der Waals surface area contributed by atoms with Crippen molar-refractivity contribution < 1.29 is 21.7 Å². The third-order valence-corrected chi connectivity index (χ3v) is 1.31. The topological polar surface area (TPSA) is 100 Å². The van der Waals surface area contributed by atoms with Crippen LogP contribution in [0.5, 0.6) is 0 Å². The monoisotopic (exact) mass is 199 g/mol. The van der Waals surface area contributed by atoms with Crippen LogP contribution in [0.2, 0.25) is 0 Å². The summed E-state index contributed by atoms with van der Waals surface area (Å²) in [6.45, 7) is 0. The maximum atomic E-state index is 11.0. The number of fused-ring (bicyclic) bond motifs is 1. The van der Waals surface area contributed by atoms with Crippen LogP contribution in [-0.2, 0) is 21.7 Å². The van der Waals surface area contributed by atoms with E-state index in [1.165, 1.54) is 6.33 Å². The van der Waals surface area contributed by atoms with Crippen LogP contribution in [0.3, 0.4) is 0 Å². The third kappa shape index (κ3) is 1.26. The maximum absolute atomic E-state index is 11.0. The summed E-state index contributed by atoms with van der Waals surface area (Å²) in [6.07, 6.45) is 1.40. The Bertz CT molecular complexity index is 446. The number of nitrogens with two attached hydrogens (primary N) is 1. The fourth-order valence-electron chi connectivity index (χ4n) is 0.863. The summed E-state index contributed by atoms with van der Waals surface area (Å²) in [7, 11) is 0. The number of rotatable bonds is 0. The van der Waals surface area contributed by atoms with Crippen molar-refractivity contribution in [2.45, 2.75) is 0 Å². The van der Waals surface area contributed by atoms with Crippen LogP contribution in [0.25, 0.3) is 11.2 Å². The fourth-order valence-corrected chi connectivity index (χ4v) is 0.863. The number of hydrogen-bond donors (Lipinski definition) is 3. The van der Waals surface area contributed by atoms with Gasteiger partial charge in [-0.25, -0.2) is 4.98 Å². The van der Waals surface area contributed by atoms with Crippen molar-refractivity contribution in [1.82, 2.24) is 19.9 Å². The average Bonchev–Trinajstić information content (AvgIpc) is 2.34. The van der Waals surface area contributed by atoms with Crippen molar-refractivity contribution in [3.63, 3.8) is 0 Å². The molecule has 0 aliphatic carbocycles. The predicted octanol–water partition coefficient (Wildman–Crippen LogP) is -0.774. The molecule has 0 radical (unpaired) electrons. The molecule has 12 heavy (non-hydrogen) atoms. The molecule has 0 atom stereocenters. The first-order chi connectivity index (χ1) is 5.27. The Morgan fingerprint density at radius 2 is 2.25 bits per heavy atom. The fraction of sp³-hybridized carbons (Fsp3) is 0. The quantitative estimate of drug-likeness (QED) is 0.484. The van der Waals surface area contributed by atoms with Gasteiger partial charge in [0.25, 0.3) is 5.56 Å². The first-order valence-electron chi connectivity index (χ1n) is 2.96. The number of anilines is 1. The van der Waals surface area contributed by atoms with Crippen molar-refractivity contribution in [3.05, 3.63) is 16.7 Å². The van der Waals surface area contributed by atoms with Gasteiger partial charge in [0.2, 0.25) is 5.95 Å². The van der Waals surface area contributed by atoms with Gasteiger partial charge in [0, 0.05) is 21.7 Å². The van der Waals surface area contributed by atoms with Crippen molar-refractivity contribution in [2.75, 3.05) is 5.73 Å². The van der Waals surface area contributed by atoms with Crippen molar-refractivity contribution in [3.8, 4) is 0 Å². The normalized spacial score (nSPS) is 9.67. The Kier molecular flexibility index (Phi) is 2.30.